The average molecular weight is 351 g/mol. The molecule has 1 aliphatic rings. The molecule has 0 unspecified atom stereocenters. The molecular formula is C22H29N3O. The average Bonchev–Trinajstić information content (AvgIpc) is 2.66. The van der Waals surface area contributed by atoms with Gasteiger partial charge in [-0.25, -0.2) is 4.79 Å². The summed E-state index contributed by atoms with van der Waals surface area (Å²) in [6, 6.07) is 19.3. The molecule has 1 heterocycles. The van der Waals surface area contributed by atoms with Crippen molar-refractivity contribution >= 4 is 6.03 Å². The van der Waals surface area contributed by atoms with E-state index in [-0.39, 0.29) is 12.1 Å². The van der Waals surface area contributed by atoms with E-state index in [0.29, 0.717) is 6.54 Å². The summed E-state index contributed by atoms with van der Waals surface area (Å²) in [5.74, 6) is 0. The third-order valence-corrected chi connectivity index (χ3v) is 4.99. The molecule has 0 saturated carbocycles. The number of aryl methyl sites for hydroxylation is 1. The molecule has 2 aromatic carbocycles. The molecule has 0 aliphatic carbocycles. The van der Waals surface area contributed by atoms with Crippen LogP contribution in [-0.2, 0) is 13.0 Å². The van der Waals surface area contributed by atoms with E-state index in [0.717, 1.165) is 38.9 Å². The molecule has 0 radical (unpaired) electrons. The predicted molar refractivity (Wildman–Crippen MR) is 106 cm³/mol. The maximum Gasteiger partial charge on any atom is 0.315 e. The van der Waals surface area contributed by atoms with Gasteiger partial charge in [0.15, 0.2) is 0 Å². The van der Waals surface area contributed by atoms with Gasteiger partial charge in [0.25, 0.3) is 0 Å². The summed E-state index contributed by atoms with van der Waals surface area (Å²) in [5.41, 5.74) is 3.87. The lowest BCUT2D eigenvalue weighted by atomic mass is 10.0. The molecule has 1 saturated heterocycles. The first-order valence-electron chi connectivity index (χ1n) is 9.55. The van der Waals surface area contributed by atoms with E-state index in [1.165, 1.54) is 16.7 Å². The molecule has 4 nitrogen and oxygen atoms in total. The summed E-state index contributed by atoms with van der Waals surface area (Å²) in [4.78, 5) is 14.6. The number of piperidine rings is 1. The van der Waals surface area contributed by atoms with E-state index >= 15 is 0 Å². The lowest BCUT2D eigenvalue weighted by molar-refractivity contribution is 0.186. The Kier molecular flexibility index (Phi) is 6.67. The van der Waals surface area contributed by atoms with Crippen LogP contribution < -0.4 is 10.6 Å². The second kappa shape index (κ2) is 9.39. The van der Waals surface area contributed by atoms with Crippen LogP contribution in [0.25, 0.3) is 0 Å². The highest BCUT2D eigenvalue weighted by molar-refractivity contribution is 5.74. The molecule has 0 spiro atoms. The van der Waals surface area contributed by atoms with E-state index in [9.17, 15) is 4.79 Å². The number of benzene rings is 2. The number of carbonyl (C=O) groups excluding carboxylic acids is 1. The first kappa shape index (κ1) is 18.5. The molecule has 4 heteroatoms. The number of nitrogens with zero attached hydrogens (tertiary/aromatic N) is 1. The lowest BCUT2D eigenvalue weighted by Crippen LogP contribution is -2.48. The molecular weight excluding hydrogens is 322 g/mol. The van der Waals surface area contributed by atoms with Crippen molar-refractivity contribution in [3.63, 3.8) is 0 Å². The smallest absolute Gasteiger partial charge is 0.315 e. The van der Waals surface area contributed by atoms with Crippen LogP contribution in [-0.4, -0.2) is 36.6 Å². The number of hydrogen-bond acceptors (Lipinski definition) is 2. The Morgan fingerprint density at radius 2 is 1.69 bits per heavy atom. The van der Waals surface area contributed by atoms with Crippen molar-refractivity contribution in [3.05, 3.63) is 71.3 Å². The van der Waals surface area contributed by atoms with Crippen molar-refractivity contribution < 1.29 is 4.79 Å². The van der Waals surface area contributed by atoms with E-state index in [2.05, 4.69) is 77.1 Å². The first-order chi connectivity index (χ1) is 12.7. The van der Waals surface area contributed by atoms with Crippen molar-refractivity contribution in [3.8, 4) is 0 Å². The topological polar surface area (TPSA) is 44.4 Å². The van der Waals surface area contributed by atoms with E-state index in [4.69, 9.17) is 0 Å². The highest BCUT2D eigenvalue weighted by Crippen LogP contribution is 2.13. The van der Waals surface area contributed by atoms with Crippen molar-refractivity contribution in [2.45, 2.75) is 38.8 Å². The summed E-state index contributed by atoms with van der Waals surface area (Å²) < 4.78 is 0. The van der Waals surface area contributed by atoms with Crippen molar-refractivity contribution in [1.29, 1.82) is 0 Å². The SMILES string of the molecule is Cc1ccc(CCNC(=O)NC2CCN(Cc3ccccc3)CC2)cc1. The molecule has 0 bridgehead atoms. The molecule has 1 aliphatic heterocycles. The van der Waals surface area contributed by atoms with Gasteiger partial charge in [-0.1, -0.05) is 60.2 Å². The number of carbonyl (C=O) groups is 1. The highest BCUT2D eigenvalue weighted by atomic mass is 16.2. The maximum absolute atomic E-state index is 12.1. The highest BCUT2D eigenvalue weighted by Gasteiger charge is 2.20. The molecule has 0 atom stereocenters. The monoisotopic (exact) mass is 351 g/mol. The van der Waals surface area contributed by atoms with Crippen molar-refractivity contribution in [2.75, 3.05) is 19.6 Å². The molecule has 3 rings (SSSR count). The fraction of sp³-hybridized carbons (Fsp3) is 0.409. The zero-order valence-corrected chi connectivity index (χ0v) is 15.6. The zero-order valence-electron chi connectivity index (χ0n) is 15.6. The zero-order chi connectivity index (χ0) is 18.2. The van der Waals surface area contributed by atoms with Gasteiger partial charge in [0.1, 0.15) is 0 Å². The summed E-state index contributed by atoms with van der Waals surface area (Å²) in [5, 5.41) is 6.10. The Hall–Kier alpha value is -2.33. The van der Waals surface area contributed by atoms with E-state index in [1.54, 1.807) is 0 Å². The number of nitrogens with one attached hydrogen (secondary N) is 2. The number of hydrogen-bond donors (Lipinski definition) is 2. The fourth-order valence-corrected chi connectivity index (χ4v) is 3.39. The van der Waals surface area contributed by atoms with Gasteiger partial charge >= 0.3 is 6.03 Å². The number of urea groups is 1. The molecule has 2 aromatic rings. The summed E-state index contributed by atoms with van der Waals surface area (Å²) in [7, 11) is 0. The molecule has 138 valence electrons. The Morgan fingerprint density at radius 3 is 2.38 bits per heavy atom. The predicted octanol–water partition coefficient (Wildman–Crippen LogP) is 3.50. The Labute approximate surface area is 156 Å². The van der Waals surface area contributed by atoms with Crippen LogP contribution in [0.4, 0.5) is 4.79 Å². The molecule has 26 heavy (non-hydrogen) atoms. The van der Waals surface area contributed by atoms with Gasteiger partial charge in [0.05, 0.1) is 0 Å². The minimum Gasteiger partial charge on any atom is -0.338 e. The van der Waals surface area contributed by atoms with Crippen LogP contribution in [0.15, 0.2) is 54.6 Å². The van der Waals surface area contributed by atoms with Crippen LogP contribution >= 0.6 is 0 Å². The van der Waals surface area contributed by atoms with Gasteiger partial charge in [-0.05, 0) is 37.3 Å². The quantitative estimate of drug-likeness (QED) is 0.837. The van der Waals surface area contributed by atoms with E-state index < -0.39 is 0 Å². The number of likely N-dealkylation sites (tertiary alicyclic amines) is 1. The molecule has 0 aromatic heterocycles. The van der Waals surface area contributed by atoms with E-state index in [1.807, 2.05) is 0 Å². The molecule has 2 amide bonds. The van der Waals surface area contributed by atoms with Gasteiger partial charge in [-0.2, -0.15) is 0 Å². The maximum atomic E-state index is 12.1. The van der Waals surface area contributed by atoms with Gasteiger partial charge in [-0.3, -0.25) is 4.90 Å². The summed E-state index contributed by atoms with van der Waals surface area (Å²) in [6.45, 7) is 5.81. The minimum absolute atomic E-state index is 0.0429. The van der Waals surface area contributed by atoms with Crippen molar-refractivity contribution in [2.24, 2.45) is 0 Å². The van der Waals surface area contributed by atoms with Crippen molar-refractivity contribution in [1.82, 2.24) is 15.5 Å². The lowest BCUT2D eigenvalue weighted by Gasteiger charge is -2.32. The normalized spacial score (nSPS) is 15.6. The van der Waals surface area contributed by atoms with Crippen LogP contribution in [0, 0.1) is 6.92 Å². The summed E-state index contributed by atoms with van der Waals surface area (Å²) in [6.07, 6.45) is 2.89. The fourth-order valence-electron chi connectivity index (χ4n) is 3.39. The second-order valence-corrected chi connectivity index (χ2v) is 7.17. The third kappa shape index (κ3) is 5.88. The third-order valence-electron chi connectivity index (χ3n) is 4.99. The Morgan fingerprint density at radius 1 is 1.00 bits per heavy atom. The van der Waals surface area contributed by atoms with Crippen LogP contribution in [0.3, 0.4) is 0 Å². The Balaban J connectivity index is 1.32. The van der Waals surface area contributed by atoms with Crippen LogP contribution in [0.5, 0.6) is 0 Å². The molecule has 2 N–H and O–H groups in total. The minimum atomic E-state index is -0.0429. The number of rotatable bonds is 6. The Bertz CT molecular complexity index is 676. The first-order valence-corrected chi connectivity index (χ1v) is 9.55. The number of amides is 2. The second-order valence-electron chi connectivity index (χ2n) is 7.17. The standard InChI is InChI=1S/C22H29N3O/c1-18-7-9-19(10-8-18)11-14-23-22(26)24-21-12-15-25(16-13-21)17-20-5-3-2-4-6-20/h2-10,21H,11-17H2,1H3,(H2,23,24,26). The van der Waals surface area contributed by atoms with Gasteiger partial charge in [0, 0.05) is 32.2 Å². The van der Waals surface area contributed by atoms with Gasteiger partial charge < -0.3 is 10.6 Å². The van der Waals surface area contributed by atoms with Gasteiger partial charge in [0.2, 0.25) is 0 Å². The largest absolute Gasteiger partial charge is 0.338 e. The van der Waals surface area contributed by atoms with Gasteiger partial charge in [-0.15, -0.1) is 0 Å². The summed E-state index contributed by atoms with van der Waals surface area (Å²) >= 11 is 0. The molecule has 1 fully saturated rings. The van der Waals surface area contributed by atoms with Crippen LogP contribution in [0.1, 0.15) is 29.5 Å². The van der Waals surface area contributed by atoms with Crippen LogP contribution in [0.2, 0.25) is 0 Å².